The zero-order chi connectivity index (χ0) is 20.3. The van der Waals surface area contributed by atoms with E-state index in [-0.39, 0.29) is 29.0 Å². The Hall–Kier alpha value is -1.89. The van der Waals surface area contributed by atoms with Gasteiger partial charge in [-0.1, -0.05) is 43.5 Å². The predicted octanol–water partition coefficient (Wildman–Crippen LogP) is 4.81. The summed E-state index contributed by atoms with van der Waals surface area (Å²) in [5.41, 5.74) is 0.946. The summed E-state index contributed by atoms with van der Waals surface area (Å²) in [5.74, 6) is -0.743. The lowest BCUT2D eigenvalue weighted by molar-refractivity contribution is 0.0697. The molecule has 1 saturated carbocycles. The van der Waals surface area contributed by atoms with E-state index in [4.69, 9.17) is 16.7 Å². The Bertz CT molecular complexity index is 926. The second-order valence-electron chi connectivity index (χ2n) is 7.34. The highest BCUT2D eigenvalue weighted by Crippen LogP contribution is 2.33. The fourth-order valence-corrected chi connectivity index (χ4v) is 5.65. The maximum Gasteiger partial charge on any atom is 0.335 e. The Morgan fingerprint density at radius 2 is 1.68 bits per heavy atom. The van der Waals surface area contributed by atoms with E-state index >= 15 is 0 Å². The highest BCUT2D eigenvalue weighted by Gasteiger charge is 2.35. The first kappa shape index (κ1) is 20.8. The van der Waals surface area contributed by atoms with Crippen LogP contribution >= 0.6 is 11.6 Å². The van der Waals surface area contributed by atoms with E-state index in [0.717, 1.165) is 31.2 Å². The normalized spacial score (nSPS) is 20.2. The van der Waals surface area contributed by atoms with Crippen molar-refractivity contribution in [2.45, 2.75) is 50.1 Å². The summed E-state index contributed by atoms with van der Waals surface area (Å²) in [6.07, 6.45) is 3.93. The molecule has 0 aliphatic heterocycles. The van der Waals surface area contributed by atoms with Crippen LogP contribution in [0.5, 0.6) is 0 Å². The Kier molecular flexibility index (Phi) is 6.43. The number of aromatic carboxylic acids is 1. The molecule has 0 amide bonds. The number of carboxylic acids is 1. The molecule has 0 radical (unpaired) electrons. The van der Waals surface area contributed by atoms with Crippen molar-refractivity contribution in [1.29, 1.82) is 0 Å². The molecule has 0 heterocycles. The van der Waals surface area contributed by atoms with Gasteiger partial charge < -0.3 is 5.11 Å². The van der Waals surface area contributed by atoms with Crippen LogP contribution in [0.1, 0.15) is 48.5 Å². The van der Waals surface area contributed by atoms with Crippen LogP contribution in [0, 0.1) is 5.92 Å². The van der Waals surface area contributed by atoms with Crippen LogP contribution in [0.4, 0.5) is 0 Å². The third-order valence-corrected chi connectivity index (χ3v) is 7.53. The second kappa shape index (κ2) is 8.64. The summed E-state index contributed by atoms with van der Waals surface area (Å²) in [6, 6.07) is 12.5. The number of sulfonamides is 1. The Labute approximate surface area is 171 Å². The van der Waals surface area contributed by atoms with Gasteiger partial charge in [0.05, 0.1) is 10.5 Å². The maximum atomic E-state index is 13.5. The van der Waals surface area contributed by atoms with E-state index in [0.29, 0.717) is 5.02 Å². The van der Waals surface area contributed by atoms with E-state index in [1.807, 2.05) is 0 Å². The van der Waals surface area contributed by atoms with Gasteiger partial charge in [-0.2, -0.15) is 4.31 Å². The molecule has 0 spiro atoms. The van der Waals surface area contributed by atoms with E-state index < -0.39 is 16.0 Å². The first-order valence-electron chi connectivity index (χ1n) is 9.38. The van der Waals surface area contributed by atoms with Gasteiger partial charge in [-0.05, 0) is 60.7 Å². The third-order valence-electron chi connectivity index (χ3n) is 5.40. The zero-order valence-electron chi connectivity index (χ0n) is 15.7. The number of nitrogens with zero attached hydrogens (tertiary/aromatic N) is 1. The molecule has 2 atom stereocenters. The van der Waals surface area contributed by atoms with E-state index in [9.17, 15) is 13.2 Å². The highest BCUT2D eigenvalue weighted by atomic mass is 35.5. The average molecular weight is 422 g/mol. The van der Waals surface area contributed by atoms with Gasteiger partial charge in [0.2, 0.25) is 10.0 Å². The van der Waals surface area contributed by atoms with Gasteiger partial charge in [-0.15, -0.1) is 0 Å². The molecule has 3 rings (SSSR count). The maximum absolute atomic E-state index is 13.5. The quantitative estimate of drug-likeness (QED) is 0.726. The first-order valence-corrected chi connectivity index (χ1v) is 11.2. The molecule has 1 fully saturated rings. The fraction of sp³-hybridized carbons (Fsp3) is 0.381. The number of benzene rings is 2. The minimum atomic E-state index is -3.72. The molecule has 1 aliphatic carbocycles. The molecule has 0 aromatic heterocycles. The minimum absolute atomic E-state index is 0.0893. The summed E-state index contributed by atoms with van der Waals surface area (Å²) >= 11 is 5.93. The molecule has 1 N–H and O–H groups in total. The van der Waals surface area contributed by atoms with Gasteiger partial charge in [-0.25, -0.2) is 13.2 Å². The molecule has 0 saturated heterocycles. The van der Waals surface area contributed by atoms with Gasteiger partial charge in [0.1, 0.15) is 0 Å². The van der Waals surface area contributed by atoms with Crippen LogP contribution in [-0.2, 0) is 16.6 Å². The average Bonchev–Trinajstić information content (AvgIpc) is 2.67. The van der Waals surface area contributed by atoms with Crippen molar-refractivity contribution in [2.75, 3.05) is 0 Å². The van der Waals surface area contributed by atoms with Crippen molar-refractivity contribution < 1.29 is 18.3 Å². The summed E-state index contributed by atoms with van der Waals surface area (Å²) in [5, 5.41) is 9.57. The predicted molar refractivity (Wildman–Crippen MR) is 109 cm³/mol. The van der Waals surface area contributed by atoms with Gasteiger partial charge >= 0.3 is 5.97 Å². The number of hydrogen-bond acceptors (Lipinski definition) is 3. The number of halogens is 1. The van der Waals surface area contributed by atoms with Crippen LogP contribution in [0.25, 0.3) is 0 Å². The van der Waals surface area contributed by atoms with Gasteiger partial charge in [0.25, 0.3) is 0 Å². The molecular weight excluding hydrogens is 398 g/mol. The summed E-state index contributed by atoms with van der Waals surface area (Å²) in [6.45, 7) is 2.31. The van der Waals surface area contributed by atoms with E-state index in [1.165, 1.54) is 24.3 Å². The summed E-state index contributed by atoms with van der Waals surface area (Å²) in [4.78, 5) is 11.3. The van der Waals surface area contributed by atoms with Gasteiger partial charge in [0.15, 0.2) is 0 Å². The van der Waals surface area contributed by atoms with Crippen LogP contribution < -0.4 is 0 Å². The Morgan fingerprint density at radius 3 is 2.25 bits per heavy atom. The molecule has 2 unspecified atom stereocenters. The first-order chi connectivity index (χ1) is 13.3. The van der Waals surface area contributed by atoms with Gasteiger partial charge in [-0.3, -0.25) is 0 Å². The number of carboxylic acid groups (broad SMARTS) is 1. The van der Waals surface area contributed by atoms with Crippen molar-refractivity contribution in [3.8, 4) is 0 Å². The standard InChI is InChI=1S/C21H24ClNO4S/c1-15-4-2-3-5-20(15)23(14-16-6-8-17(9-7-16)21(24)25)28(26,27)19-12-10-18(22)11-13-19/h6-13,15,20H,2-5,14H2,1H3,(H,24,25). The van der Waals surface area contributed by atoms with Crippen molar-refractivity contribution in [3.05, 3.63) is 64.7 Å². The van der Waals surface area contributed by atoms with Crippen LogP contribution in [0.2, 0.25) is 5.02 Å². The molecule has 28 heavy (non-hydrogen) atoms. The van der Waals surface area contributed by atoms with Crippen molar-refractivity contribution in [2.24, 2.45) is 5.92 Å². The number of carbonyl (C=O) groups is 1. The Morgan fingerprint density at radius 1 is 1.07 bits per heavy atom. The van der Waals surface area contributed by atoms with Gasteiger partial charge in [0, 0.05) is 17.6 Å². The fourth-order valence-electron chi connectivity index (χ4n) is 3.78. The molecule has 2 aromatic carbocycles. The number of hydrogen-bond donors (Lipinski definition) is 1. The third kappa shape index (κ3) is 4.57. The molecule has 2 aromatic rings. The van der Waals surface area contributed by atoms with Crippen molar-refractivity contribution >= 4 is 27.6 Å². The summed E-state index contributed by atoms with van der Waals surface area (Å²) < 4.78 is 28.5. The molecule has 0 bridgehead atoms. The monoisotopic (exact) mass is 421 g/mol. The highest BCUT2D eigenvalue weighted by molar-refractivity contribution is 7.89. The summed E-state index contributed by atoms with van der Waals surface area (Å²) in [7, 11) is -3.72. The SMILES string of the molecule is CC1CCCCC1N(Cc1ccc(C(=O)O)cc1)S(=O)(=O)c1ccc(Cl)cc1. The van der Waals surface area contributed by atoms with Crippen LogP contribution in [0.3, 0.4) is 0 Å². The van der Waals surface area contributed by atoms with E-state index in [2.05, 4.69) is 6.92 Å². The van der Waals surface area contributed by atoms with Crippen molar-refractivity contribution in [1.82, 2.24) is 4.31 Å². The van der Waals surface area contributed by atoms with E-state index in [1.54, 1.807) is 28.6 Å². The molecule has 1 aliphatic rings. The van der Waals surface area contributed by atoms with Crippen molar-refractivity contribution in [3.63, 3.8) is 0 Å². The topological polar surface area (TPSA) is 74.7 Å². The Balaban J connectivity index is 1.97. The van der Waals surface area contributed by atoms with Crippen LogP contribution in [0.15, 0.2) is 53.4 Å². The molecule has 5 nitrogen and oxygen atoms in total. The largest absolute Gasteiger partial charge is 0.478 e. The smallest absolute Gasteiger partial charge is 0.335 e. The van der Waals surface area contributed by atoms with Crippen LogP contribution in [-0.4, -0.2) is 29.8 Å². The minimum Gasteiger partial charge on any atom is -0.478 e. The lowest BCUT2D eigenvalue weighted by atomic mass is 9.86. The number of rotatable bonds is 6. The lowest BCUT2D eigenvalue weighted by Gasteiger charge is -2.37. The molecule has 150 valence electrons. The molecular formula is C21H24ClNO4S. The zero-order valence-corrected chi connectivity index (χ0v) is 17.3. The lowest BCUT2D eigenvalue weighted by Crippen LogP contribution is -2.44. The second-order valence-corrected chi connectivity index (χ2v) is 9.66. The molecule has 7 heteroatoms.